The van der Waals surface area contributed by atoms with Crippen LogP contribution >= 0.6 is 0 Å². The van der Waals surface area contributed by atoms with Crippen LogP contribution in [0.5, 0.6) is 5.75 Å². The molecule has 0 aliphatic carbocycles. The second-order valence-corrected chi connectivity index (χ2v) is 4.92. The van der Waals surface area contributed by atoms with Gasteiger partial charge in [-0.1, -0.05) is 0 Å². The molecule has 0 spiro atoms. The van der Waals surface area contributed by atoms with E-state index in [4.69, 9.17) is 0 Å². The van der Waals surface area contributed by atoms with E-state index in [0.717, 1.165) is 18.7 Å². The van der Waals surface area contributed by atoms with Crippen LogP contribution in [-0.2, 0) is 6.54 Å². The van der Waals surface area contributed by atoms with E-state index in [2.05, 4.69) is 11.9 Å². The van der Waals surface area contributed by atoms with Crippen LogP contribution in [0.1, 0.15) is 25.0 Å². The van der Waals surface area contributed by atoms with Crippen molar-refractivity contribution < 1.29 is 5.11 Å². The van der Waals surface area contributed by atoms with Crippen LogP contribution in [0.25, 0.3) is 0 Å². The quantitative estimate of drug-likeness (QED) is 0.861. The molecule has 1 unspecified atom stereocenters. The van der Waals surface area contributed by atoms with Crippen molar-refractivity contribution in [3.8, 4) is 5.75 Å². The largest absolute Gasteiger partial charge is 0.503 e. The predicted molar refractivity (Wildman–Crippen MR) is 67.4 cm³/mol. The first-order valence-corrected chi connectivity index (χ1v) is 6.18. The number of aryl methyl sites for hydroxylation is 2. The van der Waals surface area contributed by atoms with E-state index >= 15 is 0 Å². The summed E-state index contributed by atoms with van der Waals surface area (Å²) in [5.41, 5.74) is 0.616. The maximum Gasteiger partial charge on any atom is 0.223 e. The molecule has 0 amide bonds. The number of pyridine rings is 1. The third kappa shape index (κ3) is 2.69. The SMILES string of the molecule is Cc1cc(=O)c(O)cn1CCC1CCCN1C. The van der Waals surface area contributed by atoms with Crippen molar-refractivity contribution in [3.05, 3.63) is 28.2 Å². The zero-order chi connectivity index (χ0) is 12.4. The van der Waals surface area contributed by atoms with Crippen molar-refractivity contribution >= 4 is 0 Å². The lowest BCUT2D eigenvalue weighted by atomic mass is 10.1. The molecule has 1 aromatic heterocycles. The molecule has 0 saturated carbocycles. The summed E-state index contributed by atoms with van der Waals surface area (Å²) in [7, 11) is 2.16. The molecule has 1 aromatic rings. The molecule has 1 atom stereocenters. The van der Waals surface area contributed by atoms with Gasteiger partial charge in [0.1, 0.15) is 0 Å². The highest BCUT2D eigenvalue weighted by molar-refractivity contribution is 5.19. The molecule has 1 aliphatic heterocycles. The Balaban J connectivity index is 2.04. The third-order valence-corrected chi connectivity index (χ3v) is 3.70. The van der Waals surface area contributed by atoms with Crippen LogP contribution in [0.4, 0.5) is 0 Å². The summed E-state index contributed by atoms with van der Waals surface area (Å²) in [6, 6.07) is 2.13. The van der Waals surface area contributed by atoms with Crippen molar-refractivity contribution in [2.45, 2.75) is 38.8 Å². The van der Waals surface area contributed by atoms with Crippen LogP contribution in [0.15, 0.2) is 17.1 Å². The normalized spacial score (nSPS) is 20.9. The minimum absolute atomic E-state index is 0.157. The van der Waals surface area contributed by atoms with E-state index in [1.807, 2.05) is 11.5 Å². The fourth-order valence-electron chi connectivity index (χ4n) is 2.53. The van der Waals surface area contributed by atoms with Gasteiger partial charge in [-0.15, -0.1) is 0 Å². The minimum Gasteiger partial charge on any atom is -0.503 e. The zero-order valence-electron chi connectivity index (χ0n) is 10.5. The average molecular weight is 236 g/mol. The zero-order valence-corrected chi connectivity index (χ0v) is 10.5. The van der Waals surface area contributed by atoms with Crippen LogP contribution < -0.4 is 5.43 Å². The maximum absolute atomic E-state index is 11.2. The summed E-state index contributed by atoms with van der Waals surface area (Å²) in [5, 5.41) is 9.42. The van der Waals surface area contributed by atoms with Gasteiger partial charge in [0, 0.05) is 24.3 Å². The van der Waals surface area contributed by atoms with Gasteiger partial charge in [0.25, 0.3) is 0 Å². The van der Waals surface area contributed by atoms with Gasteiger partial charge in [0.2, 0.25) is 5.43 Å². The topological polar surface area (TPSA) is 45.5 Å². The van der Waals surface area contributed by atoms with Gasteiger partial charge in [-0.25, -0.2) is 0 Å². The van der Waals surface area contributed by atoms with E-state index < -0.39 is 0 Å². The number of hydrogen-bond acceptors (Lipinski definition) is 3. The Kier molecular flexibility index (Phi) is 3.52. The molecule has 2 rings (SSSR count). The molecule has 0 aromatic carbocycles. The van der Waals surface area contributed by atoms with Gasteiger partial charge in [-0.05, 0) is 39.8 Å². The molecule has 1 N–H and O–H groups in total. The number of hydrogen-bond donors (Lipinski definition) is 1. The van der Waals surface area contributed by atoms with Gasteiger partial charge < -0.3 is 14.6 Å². The minimum atomic E-state index is -0.295. The van der Waals surface area contributed by atoms with Gasteiger partial charge in [-0.2, -0.15) is 0 Å². The molecule has 17 heavy (non-hydrogen) atoms. The van der Waals surface area contributed by atoms with E-state index in [0.29, 0.717) is 6.04 Å². The lowest BCUT2D eigenvalue weighted by Crippen LogP contribution is -2.26. The van der Waals surface area contributed by atoms with Gasteiger partial charge in [0.05, 0.1) is 6.20 Å². The lowest BCUT2D eigenvalue weighted by molar-refractivity contribution is 0.285. The summed E-state index contributed by atoms with van der Waals surface area (Å²) in [6.45, 7) is 3.94. The van der Waals surface area contributed by atoms with Crippen LogP contribution in [0, 0.1) is 6.92 Å². The maximum atomic E-state index is 11.2. The molecule has 0 radical (unpaired) electrons. The van der Waals surface area contributed by atoms with Crippen molar-refractivity contribution in [3.63, 3.8) is 0 Å². The van der Waals surface area contributed by atoms with Gasteiger partial charge in [-0.3, -0.25) is 4.79 Å². The number of likely N-dealkylation sites (tertiary alicyclic amines) is 1. The van der Waals surface area contributed by atoms with Gasteiger partial charge in [0.15, 0.2) is 5.75 Å². The Hall–Kier alpha value is -1.29. The van der Waals surface area contributed by atoms with Crippen molar-refractivity contribution in [2.75, 3.05) is 13.6 Å². The summed E-state index contributed by atoms with van der Waals surface area (Å²) in [4.78, 5) is 13.6. The van der Waals surface area contributed by atoms with Crippen LogP contribution in [-0.4, -0.2) is 34.2 Å². The summed E-state index contributed by atoms with van der Waals surface area (Å²) < 4.78 is 1.96. The highest BCUT2D eigenvalue weighted by atomic mass is 16.3. The Morgan fingerprint density at radius 2 is 2.29 bits per heavy atom. The highest BCUT2D eigenvalue weighted by Gasteiger charge is 2.20. The Morgan fingerprint density at radius 1 is 1.53 bits per heavy atom. The fraction of sp³-hybridized carbons (Fsp3) is 0.615. The lowest BCUT2D eigenvalue weighted by Gasteiger charge is -2.20. The van der Waals surface area contributed by atoms with Crippen molar-refractivity contribution in [2.24, 2.45) is 0 Å². The van der Waals surface area contributed by atoms with Crippen molar-refractivity contribution in [1.29, 1.82) is 0 Å². The number of aromatic hydroxyl groups is 1. The highest BCUT2D eigenvalue weighted by Crippen LogP contribution is 2.19. The summed E-state index contributed by atoms with van der Waals surface area (Å²) in [6.07, 6.45) is 5.14. The average Bonchev–Trinajstić information content (AvgIpc) is 2.68. The Morgan fingerprint density at radius 3 is 2.94 bits per heavy atom. The number of aromatic nitrogens is 1. The van der Waals surface area contributed by atoms with E-state index in [1.165, 1.54) is 25.5 Å². The molecule has 0 bridgehead atoms. The molecule has 1 fully saturated rings. The second kappa shape index (κ2) is 4.92. The Labute approximate surface area is 101 Å². The molecular weight excluding hydrogens is 216 g/mol. The van der Waals surface area contributed by atoms with E-state index in [-0.39, 0.29) is 11.2 Å². The standard InChI is InChI=1S/C13H20N2O2/c1-10-8-12(16)13(17)9-15(10)7-5-11-4-3-6-14(11)2/h8-9,11,17H,3-7H2,1-2H3. The van der Waals surface area contributed by atoms with Crippen LogP contribution in [0.3, 0.4) is 0 Å². The predicted octanol–water partition coefficient (Wildman–Crippen LogP) is 1.35. The van der Waals surface area contributed by atoms with E-state index in [1.54, 1.807) is 6.20 Å². The first-order chi connectivity index (χ1) is 8.08. The van der Waals surface area contributed by atoms with Crippen molar-refractivity contribution in [1.82, 2.24) is 9.47 Å². The smallest absolute Gasteiger partial charge is 0.223 e. The number of rotatable bonds is 3. The molecule has 4 heteroatoms. The molecular formula is C13H20N2O2. The van der Waals surface area contributed by atoms with E-state index in [9.17, 15) is 9.90 Å². The summed E-state index contributed by atoms with van der Waals surface area (Å²) in [5.74, 6) is -0.157. The third-order valence-electron chi connectivity index (χ3n) is 3.70. The Bertz CT molecular complexity index is 453. The molecule has 2 heterocycles. The molecule has 1 saturated heterocycles. The molecule has 4 nitrogen and oxygen atoms in total. The second-order valence-electron chi connectivity index (χ2n) is 4.92. The number of nitrogens with zero attached hydrogens (tertiary/aromatic N) is 2. The summed E-state index contributed by atoms with van der Waals surface area (Å²) >= 11 is 0. The first kappa shape index (κ1) is 12.2. The van der Waals surface area contributed by atoms with Crippen LogP contribution in [0.2, 0.25) is 0 Å². The first-order valence-electron chi connectivity index (χ1n) is 6.18. The fourth-order valence-corrected chi connectivity index (χ4v) is 2.53. The van der Waals surface area contributed by atoms with Gasteiger partial charge >= 0.3 is 0 Å². The molecule has 94 valence electrons. The molecule has 1 aliphatic rings. The monoisotopic (exact) mass is 236 g/mol.